The van der Waals surface area contributed by atoms with Gasteiger partial charge in [0.05, 0.1) is 19.3 Å². The summed E-state index contributed by atoms with van der Waals surface area (Å²) in [7, 11) is 2.10. The Hall–Kier alpha value is -1.03. The summed E-state index contributed by atoms with van der Waals surface area (Å²) >= 11 is 0. The van der Waals surface area contributed by atoms with E-state index in [-0.39, 0.29) is 11.9 Å². The minimum Gasteiger partial charge on any atom is -0.377 e. The molecule has 1 aliphatic carbocycles. The highest BCUT2D eigenvalue weighted by atomic mass is 16.5. The molecule has 20 heavy (non-hydrogen) atoms. The van der Waals surface area contributed by atoms with Crippen molar-refractivity contribution in [3.8, 4) is 0 Å². The lowest BCUT2D eigenvalue weighted by Gasteiger charge is -2.30. The van der Waals surface area contributed by atoms with Crippen LogP contribution in [0.1, 0.15) is 46.0 Å². The van der Waals surface area contributed by atoms with E-state index in [1.807, 2.05) is 6.92 Å². The number of hydrogen-bond donors (Lipinski definition) is 1. The van der Waals surface area contributed by atoms with Gasteiger partial charge in [0.15, 0.2) is 0 Å². The second-order valence-corrected chi connectivity index (χ2v) is 6.30. The van der Waals surface area contributed by atoms with Gasteiger partial charge in [0.2, 0.25) is 5.91 Å². The van der Waals surface area contributed by atoms with Gasteiger partial charge in [-0.2, -0.15) is 0 Å². The SMILES string of the molecule is CC(C(=O)NC1COC1)=C(C)N(C)CC1CCCCC1. The second-order valence-electron chi connectivity index (χ2n) is 6.30. The first-order valence-corrected chi connectivity index (χ1v) is 7.85. The average Bonchev–Trinajstić information content (AvgIpc) is 2.42. The molecule has 4 nitrogen and oxygen atoms in total. The van der Waals surface area contributed by atoms with E-state index in [1.54, 1.807) is 0 Å². The zero-order valence-electron chi connectivity index (χ0n) is 13.1. The molecule has 0 radical (unpaired) electrons. The maximum atomic E-state index is 12.1. The molecular weight excluding hydrogens is 252 g/mol. The van der Waals surface area contributed by atoms with Gasteiger partial charge in [-0.25, -0.2) is 0 Å². The lowest BCUT2D eigenvalue weighted by atomic mass is 9.89. The van der Waals surface area contributed by atoms with Gasteiger partial charge in [-0.3, -0.25) is 4.79 Å². The van der Waals surface area contributed by atoms with Gasteiger partial charge < -0.3 is 15.0 Å². The molecule has 0 spiro atoms. The van der Waals surface area contributed by atoms with Crippen LogP contribution in [-0.4, -0.2) is 43.7 Å². The molecule has 1 saturated carbocycles. The third-order valence-corrected chi connectivity index (χ3v) is 4.69. The van der Waals surface area contributed by atoms with E-state index >= 15 is 0 Å². The Morgan fingerprint density at radius 3 is 2.40 bits per heavy atom. The Labute approximate surface area is 122 Å². The summed E-state index contributed by atoms with van der Waals surface area (Å²) < 4.78 is 5.08. The van der Waals surface area contributed by atoms with Crippen LogP contribution in [0, 0.1) is 5.92 Å². The molecule has 1 aliphatic heterocycles. The molecule has 4 heteroatoms. The molecular formula is C16H28N2O2. The number of hydrogen-bond acceptors (Lipinski definition) is 3. The minimum atomic E-state index is 0.0475. The summed E-state index contributed by atoms with van der Waals surface area (Å²) in [5, 5.41) is 3.01. The Morgan fingerprint density at radius 1 is 1.20 bits per heavy atom. The van der Waals surface area contributed by atoms with Gasteiger partial charge in [0.1, 0.15) is 0 Å². The van der Waals surface area contributed by atoms with E-state index in [9.17, 15) is 4.79 Å². The van der Waals surface area contributed by atoms with Gasteiger partial charge in [0.25, 0.3) is 0 Å². The van der Waals surface area contributed by atoms with Crippen molar-refractivity contribution in [3.05, 3.63) is 11.3 Å². The standard InChI is InChI=1S/C16H28N2O2/c1-12(16(19)17-15-10-20-11-15)13(2)18(3)9-14-7-5-4-6-8-14/h14-15H,4-11H2,1-3H3,(H,17,19). The predicted molar refractivity (Wildman–Crippen MR) is 80.3 cm³/mol. The molecule has 2 fully saturated rings. The number of amides is 1. The Balaban J connectivity index is 1.86. The first kappa shape index (κ1) is 15.4. The first-order chi connectivity index (χ1) is 9.58. The van der Waals surface area contributed by atoms with E-state index in [2.05, 4.69) is 24.2 Å². The van der Waals surface area contributed by atoms with Crippen LogP contribution in [0.15, 0.2) is 11.3 Å². The van der Waals surface area contributed by atoms with Crippen LogP contribution >= 0.6 is 0 Å². The Bertz CT molecular complexity index is 369. The van der Waals surface area contributed by atoms with Gasteiger partial charge in [-0.1, -0.05) is 19.3 Å². The number of nitrogens with zero attached hydrogens (tertiary/aromatic N) is 1. The summed E-state index contributed by atoms with van der Waals surface area (Å²) in [6.45, 7) is 6.34. The van der Waals surface area contributed by atoms with Crippen molar-refractivity contribution in [2.75, 3.05) is 26.8 Å². The number of ether oxygens (including phenoxy) is 1. The van der Waals surface area contributed by atoms with Gasteiger partial charge >= 0.3 is 0 Å². The number of rotatable bonds is 5. The Kier molecular flexibility index (Phi) is 5.46. The number of nitrogens with one attached hydrogen (secondary N) is 1. The summed E-state index contributed by atoms with van der Waals surface area (Å²) in [6.07, 6.45) is 6.79. The van der Waals surface area contributed by atoms with Crippen LogP contribution in [0.3, 0.4) is 0 Å². The van der Waals surface area contributed by atoms with Crippen LogP contribution < -0.4 is 5.32 Å². The third kappa shape index (κ3) is 3.98. The normalized spacial score (nSPS) is 21.9. The highest BCUT2D eigenvalue weighted by Crippen LogP contribution is 2.25. The molecule has 1 heterocycles. The molecule has 0 aromatic heterocycles. The van der Waals surface area contributed by atoms with Crippen molar-refractivity contribution in [2.45, 2.75) is 52.0 Å². The molecule has 2 rings (SSSR count). The maximum Gasteiger partial charge on any atom is 0.249 e. The van der Waals surface area contributed by atoms with Crippen molar-refractivity contribution in [3.63, 3.8) is 0 Å². The van der Waals surface area contributed by atoms with Crippen LogP contribution in [0.2, 0.25) is 0 Å². The zero-order valence-corrected chi connectivity index (χ0v) is 13.1. The molecule has 1 N–H and O–H groups in total. The van der Waals surface area contributed by atoms with Crippen LogP contribution in [0.5, 0.6) is 0 Å². The van der Waals surface area contributed by atoms with Crippen molar-refractivity contribution in [1.29, 1.82) is 0 Å². The second kappa shape index (κ2) is 7.11. The van der Waals surface area contributed by atoms with E-state index < -0.39 is 0 Å². The van der Waals surface area contributed by atoms with E-state index in [0.717, 1.165) is 23.7 Å². The molecule has 0 bridgehead atoms. The fourth-order valence-corrected chi connectivity index (χ4v) is 2.96. The summed E-state index contributed by atoms with van der Waals surface area (Å²) in [4.78, 5) is 14.4. The van der Waals surface area contributed by atoms with Gasteiger partial charge in [0, 0.05) is 24.9 Å². The van der Waals surface area contributed by atoms with E-state index in [0.29, 0.717) is 13.2 Å². The minimum absolute atomic E-state index is 0.0475. The highest BCUT2D eigenvalue weighted by Gasteiger charge is 2.22. The zero-order chi connectivity index (χ0) is 14.5. The molecule has 1 saturated heterocycles. The monoisotopic (exact) mass is 280 g/mol. The van der Waals surface area contributed by atoms with Crippen molar-refractivity contribution < 1.29 is 9.53 Å². The quantitative estimate of drug-likeness (QED) is 0.786. The van der Waals surface area contributed by atoms with Crippen LogP contribution in [0.25, 0.3) is 0 Å². The molecule has 0 atom stereocenters. The number of carbonyl (C=O) groups is 1. The van der Waals surface area contributed by atoms with Crippen LogP contribution in [0.4, 0.5) is 0 Å². The fourth-order valence-electron chi connectivity index (χ4n) is 2.96. The predicted octanol–water partition coefficient (Wildman–Crippen LogP) is 2.31. The van der Waals surface area contributed by atoms with Gasteiger partial charge in [-0.15, -0.1) is 0 Å². The molecule has 114 valence electrons. The van der Waals surface area contributed by atoms with Crippen molar-refractivity contribution >= 4 is 5.91 Å². The van der Waals surface area contributed by atoms with Gasteiger partial charge in [-0.05, 0) is 32.6 Å². The Morgan fingerprint density at radius 2 is 1.85 bits per heavy atom. The summed E-state index contributed by atoms with van der Waals surface area (Å²) in [5.41, 5.74) is 1.92. The molecule has 1 amide bonds. The molecule has 2 aliphatic rings. The third-order valence-electron chi connectivity index (χ3n) is 4.69. The van der Waals surface area contributed by atoms with Crippen LogP contribution in [-0.2, 0) is 9.53 Å². The average molecular weight is 280 g/mol. The van der Waals surface area contributed by atoms with Crippen molar-refractivity contribution in [1.82, 2.24) is 10.2 Å². The van der Waals surface area contributed by atoms with E-state index in [1.165, 1.54) is 32.1 Å². The molecule has 0 unspecified atom stereocenters. The number of allylic oxidation sites excluding steroid dienone is 1. The first-order valence-electron chi connectivity index (χ1n) is 7.85. The van der Waals surface area contributed by atoms with Crippen molar-refractivity contribution in [2.24, 2.45) is 5.92 Å². The molecule has 0 aromatic rings. The molecule has 0 aromatic carbocycles. The fraction of sp³-hybridized carbons (Fsp3) is 0.812. The lowest BCUT2D eigenvalue weighted by Crippen LogP contribution is -2.49. The highest BCUT2D eigenvalue weighted by molar-refractivity contribution is 5.93. The smallest absolute Gasteiger partial charge is 0.249 e. The summed E-state index contributed by atoms with van der Waals surface area (Å²) in [6, 6.07) is 0.203. The maximum absolute atomic E-state index is 12.1. The largest absolute Gasteiger partial charge is 0.377 e. The lowest BCUT2D eigenvalue weighted by molar-refractivity contribution is -0.121. The summed E-state index contributed by atoms with van der Waals surface area (Å²) in [5.74, 6) is 0.839. The van der Waals surface area contributed by atoms with E-state index in [4.69, 9.17) is 4.74 Å². The topological polar surface area (TPSA) is 41.6 Å². The number of carbonyl (C=O) groups excluding carboxylic acids is 1.